The minimum absolute atomic E-state index is 0.0472. The van der Waals surface area contributed by atoms with Crippen LogP contribution in [0, 0.1) is 0 Å². The van der Waals surface area contributed by atoms with Crippen molar-refractivity contribution in [1.29, 1.82) is 0 Å². The maximum Gasteiger partial charge on any atom is 0.257 e. The molecule has 0 heterocycles. The fourth-order valence-corrected chi connectivity index (χ4v) is 3.49. The van der Waals surface area contributed by atoms with E-state index < -0.39 is 5.91 Å². The van der Waals surface area contributed by atoms with Crippen molar-refractivity contribution in [3.63, 3.8) is 0 Å². The highest BCUT2D eigenvalue weighted by molar-refractivity contribution is 6.10. The van der Waals surface area contributed by atoms with Gasteiger partial charge in [0.15, 0.2) is 0 Å². The Morgan fingerprint density at radius 3 is 2.19 bits per heavy atom. The van der Waals surface area contributed by atoms with Gasteiger partial charge < -0.3 is 30.7 Å². The minimum atomic E-state index is -0.467. The summed E-state index contributed by atoms with van der Waals surface area (Å²) < 4.78 is 10.6. The Balaban J connectivity index is 1.71. The van der Waals surface area contributed by atoms with E-state index in [1.807, 2.05) is 6.92 Å². The number of rotatable bonds is 12. The number of benzene rings is 3. The van der Waals surface area contributed by atoms with Gasteiger partial charge in [-0.2, -0.15) is 0 Å². The van der Waals surface area contributed by atoms with Gasteiger partial charge in [-0.1, -0.05) is 12.1 Å². The number of methoxy groups -OCH3 is 1. The number of primary amides is 1. The lowest BCUT2D eigenvalue weighted by Gasteiger charge is -2.24. The molecule has 0 atom stereocenters. The predicted octanol–water partition coefficient (Wildman–Crippen LogP) is 3.67. The third kappa shape index (κ3) is 7.49. The third-order valence-corrected chi connectivity index (χ3v) is 5.27. The molecule has 0 saturated heterocycles. The zero-order valence-corrected chi connectivity index (χ0v) is 20.3. The Labute approximate surface area is 210 Å². The Bertz CT molecular complexity index is 1180. The molecular weight excluding hydrogens is 460 g/mol. The van der Waals surface area contributed by atoms with Gasteiger partial charge in [0.2, 0.25) is 11.8 Å². The number of nitrogens with zero attached hydrogens (tertiary/aromatic N) is 1. The van der Waals surface area contributed by atoms with Crippen LogP contribution in [0.25, 0.3) is 0 Å². The van der Waals surface area contributed by atoms with E-state index in [1.54, 1.807) is 84.8 Å². The number of nitrogens with two attached hydrogens (primary N) is 1. The molecule has 9 nitrogen and oxygen atoms in total. The van der Waals surface area contributed by atoms with Crippen molar-refractivity contribution in [2.75, 3.05) is 42.3 Å². The van der Waals surface area contributed by atoms with E-state index in [1.165, 1.54) is 0 Å². The van der Waals surface area contributed by atoms with E-state index in [0.29, 0.717) is 35.0 Å². The second-order valence-electron chi connectivity index (χ2n) is 7.84. The maximum absolute atomic E-state index is 13.0. The van der Waals surface area contributed by atoms with Gasteiger partial charge in [0.25, 0.3) is 5.91 Å². The molecule has 0 saturated carbocycles. The highest BCUT2D eigenvalue weighted by atomic mass is 16.5. The van der Waals surface area contributed by atoms with Gasteiger partial charge in [-0.15, -0.1) is 0 Å². The van der Waals surface area contributed by atoms with Crippen LogP contribution in [0.4, 0.5) is 17.1 Å². The summed E-state index contributed by atoms with van der Waals surface area (Å²) in [5.74, 6) is 0.198. The lowest BCUT2D eigenvalue weighted by molar-refractivity contribution is -0.118. The maximum atomic E-state index is 13.0. The van der Waals surface area contributed by atoms with Crippen molar-refractivity contribution in [2.45, 2.75) is 13.3 Å². The van der Waals surface area contributed by atoms with Gasteiger partial charge >= 0.3 is 0 Å². The molecule has 0 spiro atoms. The van der Waals surface area contributed by atoms with Crippen molar-refractivity contribution in [3.8, 4) is 11.5 Å². The fraction of sp³-hybridized carbons (Fsp3) is 0.222. The van der Waals surface area contributed by atoms with Gasteiger partial charge in [0.1, 0.15) is 11.5 Å². The normalized spacial score (nSPS) is 10.3. The zero-order valence-electron chi connectivity index (χ0n) is 20.3. The summed E-state index contributed by atoms with van der Waals surface area (Å²) in [6.07, 6.45) is 0.0837. The minimum Gasteiger partial charge on any atom is -0.497 e. The Morgan fingerprint density at radius 2 is 1.56 bits per heavy atom. The van der Waals surface area contributed by atoms with Crippen molar-refractivity contribution < 1.29 is 23.9 Å². The summed E-state index contributed by atoms with van der Waals surface area (Å²) in [6, 6.07) is 20.9. The van der Waals surface area contributed by atoms with Crippen LogP contribution < -0.4 is 30.7 Å². The molecule has 3 aromatic rings. The van der Waals surface area contributed by atoms with E-state index in [0.717, 1.165) is 5.69 Å². The quantitative estimate of drug-likeness (QED) is 0.356. The molecule has 3 aromatic carbocycles. The second-order valence-corrected chi connectivity index (χ2v) is 7.84. The fourth-order valence-electron chi connectivity index (χ4n) is 3.49. The van der Waals surface area contributed by atoms with Crippen molar-refractivity contribution in [2.24, 2.45) is 5.73 Å². The first kappa shape index (κ1) is 26.1. The molecule has 3 amide bonds. The number of nitrogens with one attached hydrogen (secondary N) is 2. The number of ether oxygens (including phenoxy) is 2. The molecular formula is C27H30N4O5. The van der Waals surface area contributed by atoms with Crippen molar-refractivity contribution in [3.05, 3.63) is 78.4 Å². The van der Waals surface area contributed by atoms with E-state index in [9.17, 15) is 14.4 Å². The number of carbonyl (C=O) groups is 3. The average molecular weight is 491 g/mol. The second kappa shape index (κ2) is 12.8. The first-order chi connectivity index (χ1) is 17.4. The molecule has 4 N–H and O–H groups in total. The van der Waals surface area contributed by atoms with Crippen LogP contribution in [0.5, 0.6) is 11.5 Å². The number of hydrogen-bond acceptors (Lipinski definition) is 6. The molecule has 0 aliphatic rings. The largest absolute Gasteiger partial charge is 0.497 e. The molecule has 188 valence electrons. The molecule has 9 heteroatoms. The molecule has 3 rings (SSSR count). The van der Waals surface area contributed by atoms with Crippen LogP contribution in [0.1, 0.15) is 23.7 Å². The molecule has 0 aliphatic carbocycles. The summed E-state index contributed by atoms with van der Waals surface area (Å²) in [6.45, 7) is 2.66. The van der Waals surface area contributed by atoms with E-state index in [4.69, 9.17) is 15.2 Å². The number of amides is 3. The zero-order chi connectivity index (χ0) is 25.9. The van der Waals surface area contributed by atoms with Crippen LogP contribution in [0.15, 0.2) is 72.8 Å². The summed E-state index contributed by atoms with van der Waals surface area (Å²) >= 11 is 0. The summed E-state index contributed by atoms with van der Waals surface area (Å²) in [5, 5.41) is 5.64. The molecule has 0 aromatic heterocycles. The average Bonchev–Trinajstić information content (AvgIpc) is 2.88. The first-order valence-electron chi connectivity index (χ1n) is 11.5. The first-order valence-corrected chi connectivity index (χ1v) is 11.5. The van der Waals surface area contributed by atoms with Crippen LogP contribution in [-0.4, -0.2) is 44.5 Å². The van der Waals surface area contributed by atoms with Gasteiger partial charge in [-0.3, -0.25) is 14.4 Å². The SMILES string of the molecule is CCOc1ccc(NC(=O)c2ccccc2NC(=O)CN(CCC(N)=O)c2ccc(OC)cc2)cc1. The summed E-state index contributed by atoms with van der Waals surface area (Å²) in [4.78, 5) is 39.0. The van der Waals surface area contributed by atoms with Crippen LogP contribution in [0.3, 0.4) is 0 Å². The molecule has 0 radical (unpaired) electrons. The van der Waals surface area contributed by atoms with Gasteiger partial charge in [-0.25, -0.2) is 0 Å². The number of para-hydroxylation sites is 1. The summed E-state index contributed by atoms with van der Waals surface area (Å²) in [7, 11) is 1.57. The highest BCUT2D eigenvalue weighted by Crippen LogP contribution is 2.22. The molecule has 0 bridgehead atoms. The number of carbonyl (C=O) groups excluding carboxylic acids is 3. The lowest BCUT2D eigenvalue weighted by Crippen LogP contribution is -2.36. The van der Waals surface area contributed by atoms with Crippen molar-refractivity contribution in [1.82, 2.24) is 0 Å². The van der Waals surface area contributed by atoms with Gasteiger partial charge in [0.05, 0.1) is 31.5 Å². The standard InChI is InChI=1S/C27H30N4O5/c1-3-36-22-12-8-19(9-13-22)29-27(34)23-6-4-5-7-24(23)30-26(33)18-31(17-16-25(28)32)20-10-14-21(35-2)15-11-20/h4-15H,3,16-18H2,1-2H3,(H2,28,32)(H,29,34)(H,30,33). The van der Waals surface area contributed by atoms with Gasteiger partial charge in [0, 0.05) is 24.3 Å². The molecule has 0 fully saturated rings. The summed E-state index contributed by atoms with van der Waals surface area (Å²) in [5.41, 5.74) is 7.33. The highest BCUT2D eigenvalue weighted by Gasteiger charge is 2.17. The Kier molecular flexibility index (Phi) is 9.27. The van der Waals surface area contributed by atoms with E-state index in [2.05, 4.69) is 10.6 Å². The monoisotopic (exact) mass is 490 g/mol. The van der Waals surface area contributed by atoms with Crippen molar-refractivity contribution >= 4 is 34.8 Å². The van der Waals surface area contributed by atoms with Crippen LogP contribution in [-0.2, 0) is 9.59 Å². The van der Waals surface area contributed by atoms with Crippen LogP contribution >= 0.6 is 0 Å². The lowest BCUT2D eigenvalue weighted by atomic mass is 10.1. The van der Waals surface area contributed by atoms with E-state index in [-0.39, 0.29) is 31.3 Å². The Morgan fingerprint density at radius 1 is 0.889 bits per heavy atom. The van der Waals surface area contributed by atoms with E-state index >= 15 is 0 Å². The van der Waals surface area contributed by atoms with Crippen LogP contribution in [0.2, 0.25) is 0 Å². The Hall–Kier alpha value is -4.53. The van der Waals surface area contributed by atoms with Gasteiger partial charge in [-0.05, 0) is 67.6 Å². The topological polar surface area (TPSA) is 123 Å². The molecule has 36 heavy (non-hydrogen) atoms. The predicted molar refractivity (Wildman–Crippen MR) is 140 cm³/mol. The third-order valence-electron chi connectivity index (χ3n) is 5.27. The smallest absolute Gasteiger partial charge is 0.257 e. The number of hydrogen-bond donors (Lipinski definition) is 3. The molecule has 0 aliphatic heterocycles. The number of anilines is 3. The molecule has 0 unspecified atom stereocenters.